The number of aromatic nitrogens is 1. The van der Waals surface area contributed by atoms with Gasteiger partial charge in [0.25, 0.3) is 0 Å². The van der Waals surface area contributed by atoms with Gasteiger partial charge in [0.1, 0.15) is 11.4 Å². The predicted octanol–water partition coefficient (Wildman–Crippen LogP) is 5.75. The van der Waals surface area contributed by atoms with Gasteiger partial charge in [0, 0.05) is 43.1 Å². The fourth-order valence-electron chi connectivity index (χ4n) is 3.08. The average Bonchev–Trinajstić information content (AvgIpc) is 2.74. The van der Waals surface area contributed by atoms with Gasteiger partial charge in [0.05, 0.1) is 5.02 Å². The SMILES string of the molecule is CC(C)(C)OC(=O)NCCN(Cc1ccc(Cl)c(F)c1)C(=S)Nc1ccc2cnccc2c1. The normalized spacial score (nSPS) is 11.2. The van der Waals surface area contributed by atoms with Crippen molar-refractivity contribution in [2.45, 2.75) is 32.9 Å². The second-order valence-electron chi connectivity index (χ2n) is 8.47. The molecule has 0 aliphatic carbocycles. The lowest BCUT2D eigenvalue weighted by Gasteiger charge is -2.27. The molecule has 1 aromatic heterocycles. The Labute approximate surface area is 203 Å². The summed E-state index contributed by atoms with van der Waals surface area (Å²) in [6.07, 6.45) is 3.01. The minimum absolute atomic E-state index is 0.0586. The highest BCUT2D eigenvalue weighted by atomic mass is 35.5. The van der Waals surface area contributed by atoms with Gasteiger partial charge in [0.15, 0.2) is 5.11 Å². The molecule has 6 nitrogen and oxygen atoms in total. The predicted molar refractivity (Wildman–Crippen MR) is 134 cm³/mol. The first-order valence-electron chi connectivity index (χ1n) is 10.4. The van der Waals surface area contributed by atoms with Crippen LogP contribution < -0.4 is 10.6 Å². The van der Waals surface area contributed by atoms with Gasteiger partial charge < -0.3 is 20.3 Å². The molecule has 0 unspecified atom stereocenters. The van der Waals surface area contributed by atoms with Gasteiger partial charge in [-0.1, -0.05) is 23.7 Å². The van der Waals surface area contributed by atoms with Crippen LogP contribution in [0.3, 0.4) is 0 Å². The summed E-state index contributed by atoms with van der Waals surface area (Å²) in [7, 11) is 0. The maximum absolute atomic E-state index is 14.0. The van der Waals surface area contributed by atoms with Crippen LogP contribution in [0.1, 0.15) is 26.3 Å². The molecule has 0 bridgehead atoms. The van der Waals surface area contributed by atoms with Gasteiger partial charge >= 0.3 is 6.09 Å². The Morgan fingerprint density at radius 1 is 1.18 bits per heavy atom. The van der Waals surface area contributed by atoms with Crippen molar-refractivity contribution in [3.8, 4) is 0 Å². The van der Waals surface area contributed by atoms with Crippen LogP contribution >= 0.6 is 23.8 Å². The van der Waals surface area contributed by atoms with E-state index in [0.717, 1.165) is 16.5 Å². The molecule has 1 amide bonds. The van der Waals surface area contributed by atoms with E-state index in [-0.39, 0.29) is 11.6 Å². The van der Waals surface area contributed by atoms with Crippen molar-refractivity contribution < 1.29 is 13.9 Å². The number of ether oxygens (including phenoxy) is 1. The Morgan fingerprint density at radius 3 is 2.70 bits per heavy atom. The molecule has 174 valence electrons. The summed E-state index contributed by atoms with van der Waals surface area (Å²) in [6, 6.07) is 12.4. The van der Waals surface area contributed by atoms with Crippen molar-refractivity contribution in [1.82, 2.24) is 15.2 Å². The molecule has 2 N–H and O–H groups in total. The molecule has 33 heavy (non-hydrogen) atoms. The number of carbonyl (C=O) groups is 1. The minimum atomic E-state index is -0.590. The Morgan fingerprint density at radius 2 is 1.97 bits per heavy atom. The number of fused-ring (bicyclic) bond motifs is 1. The molecule has 0 aliphatic heterocycles. The zero-order valence-corrected chi connectivity index (χ0v) is 20.3. The minimum Gasteiger partial charge on any atom is -0.444 e. The largest absolute Gasteiger partial charge is 0.444 e. The highest BCUT2D eigenvalue weighted by molar-refractivity contribution is 7.80. The maximum Gasteiger partial charge on any atom is 0.407 e. The lowest BCUT2D eigenvalue weighted by atomic mass is 10.1. The fraction of sp³-hybridized carbons (Fsp3) is 0.292. The quantitative estimate of drug-likeness (QED) is 0.430. The molecule has 0 saturated carbocycles. The second kappa shape index (κ2) is 10.8. The number of hydrogen-bond donors (Lipinski definition) is 2. The van der Waals surface area contributed by atoms with Crippen LogP contribution in [0.5, 0.6) is 0 Å². The summed E-state index contributed by atoms with van der Waals surface area (Å²) in [4.78, 5) is 18.0. The van der Waals surface area contributed by atoms with E-state index in [2.05, 4.69) is 15.6 Å². The molecule has 0 spiro atoms. The first-order chi connectivity index (χ1) is 15.6. The van der Waals surface area contributed by atoms with Crippen LogP contribution in [0.15, 0.2) is 54.9 Å². The topological polar surface area (TPSA) is 66.5 Å². The summed E-state index contributed by atoms with van der Waals surface area (Å²) in [5, 5.41) is 8.49. The molecule has 0 saturated heterocycles. The van der Waals surface area contributed by atoms with Crippen LogP contribution in [-0.4, -0.2) is 39.8 Å². The molecule has 0 atom stereocenters. The molecule has 2 aromatic carbocycles. The van der Waals surface area contributed by atoms with Crippen molar-refractivity contribution >= 4 is 51.5 Å². The van der Waals surface area contributed by atoms with Crippen LogP contribution in [0.2, 0.25) is 5.02 Å². The van der Waals surface area contributed by atoms with E-state index in [1.54, 1.807) is 39.2 Å². The van der Waals surface area contributed by atoms with E-state index in [9.17, 15) is 9.18 Å². The molecule has 1 heterocycles. The number of anilines is 1. The number of hydrogen-bond acceptors (Lipinski definition) is 4. The number of benzene rings is 2. The Bertz CT molecular complexity index is 1150. The van der Waals surface area contributed by atoms with E-state index in [0.29, 0.717) is 23.8 Å². The first kappa shape index (κ1) is 24.7. The second-order valence-corrected chi connectivity index (χ2v) is 9.26. The smallest absolute Gasteiger partial charge is 0.407 e. The van der Waals surface area contributed by atoms with Crippen molar-refractivity contribution in [2.75, 3.05) is 18.4 Å². The summed E-state index contributed by atoms with van der Waals surface area (Å²) < 4.78 is 19.2. The maximum atomic E-state index is 14.0. The van der Waals surface area contributed by atoms with E-state index in [1.807, 2.05) is 29.2 Å². The van der Waals surface area contributed by atoms with Gasteiger partial charge in [-0.3, -0.25) is 4.98 Å². The van der Waals surface area contributed by atoms with Gasteiger partial charge in [-0.2, -0.15) is 0 Å². The zero-order chi connectivity index (χ0) is 24.0. The van der Waals surface area contributed by atoms with Crippen molar-refractivity contribution in [2.24, 2.45) is 0 Å². The van der Waals surface area contributed by atoms with Gasteiger partial charge in [-0.15, -0.1) is 0 Å². The lowest BCUT2D eigenvalue weighted by molar-refractivity contribution is 0.0525. The number of nitrogens with zero attached hydrogens (tertiary/aromatic N) is 2. The van der Waals surface area contributed by atoms with Crippen LogP contribution in [0.25, 0.3) is 10.8 Å². The summed E-state index contributed by atoms with van der Waals surface area (Å²) in [6.45, 7) is 6.39. The molecular weight excluding hydrogens is 463 g/mol. The number of halogens is 2. The third kappa shape index (κ3) is 7.54. The van der Waals surface area contributed by atoms with Gasteiger partial charge in [-0.25, -0.2) is 9.18 Å². The van der Waals surface area contributed by atoms with Crippen molar-refractivity contribution in [3.05, 3.63) is 71.3 Å². The summed E-state index contributed by atoms with van der Waals surface area (Å²) in [5.41, 5.74) is 0.918. The lowest BCUT2D eigenvalue weighted by Crippen LogP contribution is -2.41. The van der Waals surface area contributed by atoms with Gasteiger partial charge in [-0.05, 0) is 74.3 Å². The van der Waals surface area contributed by atoms with Crippen LogP contribution in [0, 0.1) is 5.82 Å². The Balaban J connectivity index is 1.71. The van der Waals surface area contributed by atoms with Gasteiger partial charge in [0.2, 0.25) is 0 Å². The summed E-state index contributed by atoms with van der Waals surface area (Å²) >= 11 is 11.5. The van der Waals surface area contributed by atoms with E-state index in [4.69, 9.17) is 28.6 Å². The number of nitrogens with one attached hydrogen (secondary N) is 2. The Hall–Kier alpha value is -2.97. The highest BCUT2D eigenvalue weighted by Gasteiger charge is 2.17. The molecule has 0 radical (unpaired) electrons. The number of alkyl carbamates (subject to hydrolysis) is 1. The monoisotopic (exact) mass is 488 g/mol. The summed E-state index contributed by atoms with van der Waals surface area (Å²) in [5.74, 6) is -0.497. The van der Waals surface area contributed by atoms with E-state index in [1.165, 1.54) is 12.1 Å². The number of carbonyl (C=O) groups excluding carboxylic acids is 1. The molecule has 9 heteroatoms. The Kier molecular flexibility index (Phi) is 8.05. The highest BCUT2D eigenvalue weighted by Crippen LogP contribution is 2.20. The first-order valence-corrected chi connectivity index (χ1v) is 11.2. The standard InChI is InChI=1S/C24H26ClFN4O2S/c1-24(2,3)32-23(31)28-10-11-30(15-16-4-7-20(25)21(26)12-16)22(33)29-19-6-5-18-14-27-9-8-17(18)13-19/h4-9,12-14H,10-11,15H2,1-3H3,(H,28,31)(H,29,33). The number of amides is 1. The molecule has 0 aliphatic rings. The number of rotatable bonds is 6. The van der Waals surface area contributed by atoms with E-state index < -0.39 is 17.5 Å². The molecule has 3 aromatic rings. The zero-order valence-electron chi connectivity index (χ0n) is 18.7. The number of pyridine rings is 1. The third-order valence-electron chi connectivity index (χ3n) is 4.59. The van der Waals surface area contributed by atoms with E-state index >= 15 is 0 Å². The van der Waals surface area contributed by atoms with Crippen LogP contribution in [0.4, 0.5) is 14.9 Å². The van der Waals surface area contributed by atoms with Crippen molar-refractivity contribution in [3.63, 3.8) is 0 Å². The third-order valence-corrected chi connectivity index (χ3v) is 5.25. The molecule has 0 fully saturated rings. The number of thiocarbonyl (C=S) groups is 1. The molecular formula is C24H26ClFN4O2S. The van der Waals surface area contributed by atoms with Crippen molar-refractivity contribution in [1.29, 1.82) is 0 Å². The average molecular weight is 489 g/mol. The van der Waals surface area contributed by atoms with Crippen LogP contribution in [-0.2, 0) is 11.3 Å². The molecule has 3 rings (SSSR count). The fourth-order valence-corrected chi connectivity index (χ4v) is 3.47.